The molecule has 1 rings (SSSR count). The molecule has 0 radical (unpaired) electrons. The molecule has 0 aliphatic carbocycles. The number of thioether (sulfide) groups is 1. The van der Waals surface area contributed by atoms with Gasteiger partial charge in [0.15, 0.2) is 11.6 Å². The molecule has 1 unspecified atom stereocenters. The van der Waals surface area contributed by atoms with Crippen LogP contribution in [-0.2, 0) is 10.0 Å². The first-order valence-corrected chi connectivity index (χ1v) is 8.65. The number of aromatic carboxylic acids is 1. The van der Waals surface area contributed by atoms with E-state index in [4.69, 9.17) is 5.11 Å². The molecule has 0 fully saturated rings. The molecule has 1 aromatic rings. The highest BCUT2D eigenvalue weighted by atomic mass is 32.2. The van der Waals surface area contributed by atoms with E-state index in [0.29, 0.717) is 17.9 Å². The molecule has 0 spiro atoms. The number of benzene rings is 1. The van der Waals surface area contributed by atoms with Gasteiger partial charge in [0.05, 0.1) is 5.56 Å². The number of hydrogen-bond donors (Lipinski definition) is 1. The van der Waals surface area contributed by atoms with Crippen LogP contribution in [-0.4, -0.2) is 48.9 Å². The minimum Gasteiger partial charge on any atom is -0.478 e. The van der Waals surface area contributed by atoms with Crippen molar-refractivity contribution >= 4 is 27.8 Å². The van der Waals surface area contributed by atoms with E-state index in [1.165, 1.54) is 18.8 Å². The first kappa shape index (κ1) is 17.9. The van der Waals surface area contributed by atoms with E-state index in [2.05, 4.69) is 0 Å². The summed E-state index contributed by atoms with van der Waals surface area (Å²) in [5, 5.41) is 8.82. The van der Waals surface area contributed by atoms with Crippen molar-refractivity contribution in [2.45, 2.75) is 17.9 Å². The van der Waals surface area contributed by atoms with Crippen molar-refractivity contribution in [3.05, 3.63) is 29.3 Å². The van der Waals surface area contributed by atoms with Gasteiger partial charge in [-0.3, -0.25) is 0 Å². The van der Waals surface area contributed by atoms with Gasteiger partial charge < -0.3 is 5.11 Å². The fraction of sp³-hybridized carbons (Fsp3) is 0.417. The monoisotopic (exact) mass is 339 g/mol. The van der Waals surface area contributed by atoms with Gasteiger partial charge in [0.25, 0.3) is 0 Å². The van der Waals surface area contributed by atoms with Crippen LogP contribution >= 0.6 is 11.8 Å². The van der Waals surface area contributed by atoms with Crippen LogP contribution in [0.3, 0.4) is 0 Å². The number of carboxylic acid groups (broad SMARTS) is 1. The van der Waals surface area contributed by atoms with Crippen LogP contribution in [0.2, 0.25) is 0 Å². The van der Waals surface area contributed by atoms with Crippen LogP contribution < -0.4 is 0 Å². The van der Waals surface area contributed by atoms with Gasteiger partial charge in [-0.2, -0.15) is 16.1 Å². The molecular weight excluding hydrogens is 324 g/mol. The zero-order valence-corrected chi connectivity index (χ0v) is 13.3. The molecule has 0 aromatic heterocycles. The second kappa shape index (κ2) is 6.71. The maximum Gasteiger partial charge on any atom is 0.335 e. The van der Waals surface area contributed by atoms with Crippen molar-refractivity contribution < 1.29 is 27.1 Å². The molecule has 0 heterocycles. The zero-order valence-electron chi connectivity index (χ0n) is 11.6. The van der Waals surface area contributed by atoms with E-state index in [9.17, 15) is 22.0 Å². The number of nitrogens with zero attached hydrogens (tertiary/aromatic N) is 1. The fourth-order valence-corrected chi connectivity index (χ4v) is 3.87. The van der Waals surface area contributed by atoms with E-state index in [-0.39, 0.29) is 0 Å². The van der Waals surface area contributed by atoms with Crippen molar-refractivity contribution in [2.75, 3.05) is 19.1 Å². The Labute approximate surface area is 126 Å². The maximum atomic E-state index is 13.8. The minimum atomic E-state index is -4.33. The molecule has 21 heavy (non-hydrogen) atoms. The third-order valence-electron chi connectivity index (χ3n) is 2.93. The van der Waals surface area contributed by atoms with Gasteiger partial charge in [-0.25, -0.2) is 22.0 Å². The Bertz CT molecular complexity index is 649. The second-order valence-corrected chi connectivity index (χ2v) is 7.28. The molecule has 118 valence electrons. The van der Waals surface area contributed by atoms with Gasteiger partial charge in [-0.15, -0.1) is 0 Å². The molecule has 1 aromatic carbocycles. The van der Waals surface area contributed by atoms with Gasteiger partial charge in [0, 0.05) is 18.8 Å². The van der Waals surface area contributed by atoms with Gasteiger partial charge >= 0.3 is 5.97 Å². The molecule has 0 aliphatic heterocycles. The van der Waals surface area contributed by atoms with Crippen LogP contribution in [0.1, 0.15) is 17.3 Å². The number of sulfonamides is 1. The second-order valence-electron chi connectivity index (χ2n) is 4.40. The summed E-state index contributed by atoms with van der Waals surface area (Å²) in [7, 11) is -3.09. The Kier molecular flexibility index (Phi) is 5.71. The molecule has 5 nitrogen and oxygen atoms in total. The van der Waals surface area contributed by atoms with Gasteiger partial charge in [-0.05, 0) is 25.3 Å². The fourth-order valence-electron chi connectivity index (χ4n) is 1.61. The highest BCUT2D eigenvalue weighted by molar-refractivity contribution is 7.98. The number of carbonyl (C=O) groups is 1. The highest BCUT2D eigenvalue weighted by Crippen LogP contribution is 2.24. The van der Waals surface area contributed by atoms with E-state index in [0.717, 1.165) is 4.31 Å². The maximum absolute atomic E-state index is 13.8. The van der Waals surface area contributed by atoms with Gasteiger partial charge in [0.1, 0.15) is 4.90 Å². The molecular formula is C12H15F2NO4S2. The summed E-state index contributed by atoms with van der Waals surface area (Å²) in [4.78, 5) is 9.87. The van der Waals surface area contributed by atoms with Gasteiger partial charge in [-0.1, -0.05) is 0 Å². The number of carboxylic acids is 1. The molecule has 1 atom stereocenters. The number of halogens is 2. The van der Waals surface area contributed by atoms with Crippen molar-refractivity contribution in [3.63, 3.8) is 0 Å². The first-order valence-electron chi connectivity index (χ1n) is 5.82. The van der Waals surface area contributed by atoms with Crippen molar-refractivity contribution in [2.24, 2.45) is 0 Å². The van der Waals surface area contributed by atoms with E-state index in [1.54, 1.807) is 13.2 Å². The molecule has 1 N–H and O–H groups in total. The lowest BCUT2D eigenvalue weighted by Gasteiger charge is -2.24. The summed E-state index contributed by atoms with van der Waals surface area (Å²) < 4.78 is 52.7. The van der Waals surface area contributed by atoms with E-state index >= 15 is 0 Å². The Morgan fingerprint density at radius 1 is 1.43 bits per heavy atom. The molecule has 0 aliphatic rings. The average Bonchev–Trinajstić information content (AvgIpc) is 2.40. The molecule has 0 amide bonds. The van der Waals surface area contributed by atoms with Crippen LogP contribution in [0.25, 0.3) is 0 Å². The molecule has 0 bridgehead atoms. The van der Waals surface area contributed by atoms with Crippen LogP contribution in [0.15, 0.2) is 17.0 Å². The van der Waals surface area contributed by atoms with Crippen LogP contribution in [0.4, 0.5) is 8.78 Å². The minimum absolute atomic E-state index is 0.446. The van der Waals surface area contributed by atoms with Crippen molar-refractivity contribution in [1.82, 2.24) is 4.31 Å². The predicted molar refractivity (Wildman–Crippen MR) is 76.1 cm³/mol. The number of hydrogen-bond acceptors (Lipinski definition) is 4. The van der Waals surface area contributed by atoms with E-state index < -0.39 is 44.1 Å². The summed E-state index contributed by atoms with van der Waals surface area (Å²) in [6, 6.07) is 0.612. The smallest absolute Gasteiger partial charge is 0.335 e. The van der Waals surface area contributed by atoms with Crippen molar-refractivity contribution in [1.29, 1.82) is 0 Å². The normalized spacial score (nSPS) is 13.4. The summed E-state index contributed by atoms with van der Waals surface area (Å²) >= 11 is 1.40. The first-order chi connectivity index (χ1) is 9.62. The average molecular weight is 339 g/mol. The predicted octanol–water partition coefficient (Wildman–Crippen LogP) is 2.04. The highest BCUT2D eigenvalue weighted by Gasteiger charge is 2.30. The lowest BCUT2D eigenvalue weighted by atomic mass is 10.2. The van der Waals surface area contributed by atoms with E-state index in [1.807, 2.05) is 0 Å². The Morgan fingerprint density at radius 2 is 2.00 bits per heavy atom. The largest absolute Gasteiger partial charge is 0.478 e. The molecule has 0 saturated heterocycles. The van der Waals surface area contributed by atoms with Crippen LogP contribution in [0.5, 0.6) is 0 Å². The quantitative estimate of drug-likeness (QED) is 0.858. The topological polar surface area (TPSA) is 74.7 Å². The third-order valence-corrected chi connectivity index (χ3v) is 5.71. The lowest BCUT2D eigenvalue weighted by molar-refractivity contribution is 0.0696. The zero-order chi connectivity index (χ0) is 16.4. The Balaban J connectivity index is 3.40. The summed E-state index contributed by atoms with van der Waals surface area (Å²) in [6.07, 6.45) is 1.78. The van der Waals surface area contributed by atoms with Crippen LogP contribution in [0, 0.1) is 11.6 Å². The summed E-state index contributed by atoms with van der Waals surface area (Å²) in [5.74, 6) is -4.17. The third kappa shape index (κ3) is 3.72. The number of rotatable bonds is 6. The Morgan fingerprint density at radius 3 is 2.48 bits per heavy atom. The molecule has 0 saturated carbocycles. The van der Waals surface area contributed by atoms with Gasteiger partial charge in [0.2, 0.25) is 10.0 Å². The SMILES string of the molecule is CSCC(C)N(C)S(=O)(=O)c1cc(C(=O)O)cc(F)c1F. The lowest BCUT2D eigenvalue weighted by Crippen LogP contribution is -2.37. The standard InChI is InChI=1S/C12H15F2NO4S2/c1-7(6-20-3)15(2)21(18,19)10-5-8(12(16)17)4-9(13)11(10)14/h4-5,7H,6H2,1-3H3,(H,16,17). The summed E-state index contributed by atoms with van der Waals surface area (Å²) in [6.45, 7) is 1.61. The van der Waals surface area contributed by atoms with Crippen molar-refractivity contribution in [3.8, 4) is 0 Å². The molecule has 9 heteroatoms. The summed E-state index contributed by atoms with van der Waals surface area (Å²) in [5.41, 5.74) is -0.626. The Hall–Kier alpha value is -1.19.